The first kappa shape index (κ1) is 9.57. The van der Waals surface area contributed by atoms with E-state index in [-0.39, 0.29) is 11.4 Å². The van der Waals surface area contributed by atoms with Crippen molar-refractivity contribution in [2.45, 2.75) is 19.9 Å². The smallest absolute Gasteiger partial charge is 0.330 e. The van der Waals surface area contributed by atoms with Gasteiger partial charge in [-0.1, -0.05) is 6.92 Å². The van der Waals surface area contributed by atoms with Crippen LogP contribution in [0.1, 0.15) is 13.3 Å². The zero-order chi connectivity index (χ0) is 10.0. The van der Waals surface area contributed by atoms with Crippen molar-refractivity contribution in [3.05, 3.63) is 27.0 Å². The molecule has 0 aliphatic carbocycles. The summed E-state index contributed by atoms with van der Waals surface area (Å²) in [7, 11) is 1.57. The molecule has 5 nitrogen and oxygen atoms in total. The van der Waals surface area contributed by atoms with Crippen LogP contribution in [0.5, 0.6) is 0 Å². The molecule has 0 aromatic carbocycles. The van der Waals surface area contributed by atoms with E-state index in [1.807, 2.05) is 6.92 Å². The number of hydrogen-bond acceptors (Lipinski definition) is 3. The van der Waals surface area contributed by atoms with Crippen LogP contribution in [0.2, 0.25) is 0 Å². The molecule has 0 atom stereocenters. The second-order valence-electron chi connectivity index (χ2n) is 2.93. The Morgan fingerprint density at radius 3 is 2.62 bits per heavy atom. The molecule has 2 N–H and O–H groups in total. The van der Waals surface area contributed by atoms with E-state index in [0.717, 1.165) is 11.0 Å². The molecule has 1 aromatic heterocycles. The van der Waals surface area contributed by atoms with E-state index in [0.29, 0.717) is 6.54 Å². The van der Waals surface area contributed by atoms with Gasteiger partial charge in [-0.3, -0.25) is 9.36 Å². The summed E-state index contributed by atoms with van der Waals surface area (Å²) in [4.78, 5) is 22.8. The van der Waals surface area contributed by atoms with Crippen molar-refractivity contribution >= 4 is 5.69 Å². The minimum atomic E-state index is -0.398. The van der Waals surface area contributed by atoms with Gasteiger partial charge in [0.1, 0.15) is 5.69 Å². The molecule has 1 rings (SSSR count). The largest absolute Gasteiger partial charge is 0.393 e. The molecule has 1 aromatic rings. The maximum Gasteiger partial charge on any atom is 0.330 e. The maximum atomic E-state index is 11.4. The van der Waals surface area contributed by atoms with Gasteiger partial charge >= 0.3 is 5.69 Å². The van der Waals surface area contributed by atoms with E-state index in [1.54, 1.807) is 7.05 Å². The Bertz CT molecular complexity index is 382. The van der Waals surface area contributed by atoms with Gasteiger partial charge in [-0.15, -0.1) is 0 Å². The van der Waals surface area contributed by atoms with E-state index in [9.17, 15) is 9.59 Å². The SMILES string of the molecule is CCCn1c(=O)c(N)cn(C)c1=O. The van der Waals surface area contributed by atoms with Gasteiger partial charge in [0.25, 0.3) is 5.56 Å². The summed E-state index contributed by atoms with van der Waals surface area (Å²) in [6.45, 7) is 2.31. The Labute approximate surface area is 75.4 Å². The second-order valence-corrected chi connectivity index (χ2v) is 2.93. The minimum absolute atomic E-state index is 0.107. The Balaban J connectivity index is 3.47. The van der Waals surface area contributed by atoms with Gasteiger partial charge < -0.3 is 10.3 Å². The fourth-order valence-electron chi connectivity index (χ4n) is 1.17. The third-order valence-corrected chi connectivity index (χ3v) is 1.80. The van der Waals surface area contributed by atoms with Gasteiger partial charge in [0.05, 0.1) is 0 Å². The number of aryl methyl sites for hydroxylation is 1. The Kier molecular flexibility index (Phi) is 2.55. The van der Waals surface area contributed by atoms with Crippen molar-refractivity contribution in [1.82, 2.24) is 9.13 Å². The summed E-state index contributed by atoms with van der Waals surface area (Å²) in [6, 6.07) is 0. The summed E-state index contributed by atoms with van der Waals surface area (Å²) in [6.07, 6.45) is 2.08. The lowest BCUT2D eigenvalue weighted by Gasteiger charge is -2.06. The van der Waals surface area contributed by atoms with E-state index in [4.69, 9.17) is 5.73 Å². The molecule has 0 aliphatic rings. The van der Waals surface area contributed by atoms with Crippen LogP contribution in [0, 0.1) is 0 Å². The molecule has 0 bridgehead atoms. The number of anilines is 1. The third kappa shape index (κ3) is 1.63. The molecule has 0 saturated carbocycles. The molecule has 1 heterocycles. The van der Waals surface area contributed by atoms with Crippen LogP contribution < -0.4 is 17.0 Å². The van der Waals surface area contributed by atoms with Gasteiger partial charge in [0.15, 0.2) is 0 Å². The first-order chi connectivity index (χ1) is 6.07. The average Bonchev–Trinajstić information content (AvgIpc) is 2.09. The first-order valence-corrected chi connectivity index (χ1v) is 4.14. The summed E-state index contributed by atoms with van der Waals surface area (Å²) in [5.74, 6) is 0. The van der Waals surface area contributed by atoms with Crippen molar-refractivity contribution in [3.8, 4) is 0 Å². The average molecular weight is 183 g/mol. The third-order valence-electron chi connectivity index (χ3n) is 1.80. The standard InChI is InChI=1S/C8H13N3O2/c1-3-4-11-7(12)6(9)5-10(2)8(11)13/h5H,3-4,9H2,1-2H3. The Hall–Kier alpha value is -1.52. The molecular formula is C8H13N3O2. The normalized spacial score (nSPS) is 10.3. The fourth-order valence-corrected chi connectivity index (χ4v) is 1.17. The number of nitrogen functional groups attached to an aromatic ring is 1. The molecule has 0 unspecified atom stereocenters. The zero-order valence-electron chi connectivity index (χ0n) is 7.78. The fraction of sp³-hybridized carbons (Fsp3) is 0.500. The van der Waals surface area contributed by atoms with Crippen molar-refractivity contribution in [3.63, 3.8) is 0 Å². The molecule has 72 valence electrons. The van der Waals surface area contributed by atoms with Gasteiger partial charge in [0.2, 0.25) is 0 Å². The van der Waals surface area contributed by atoms with Crippen molar-refractivity contribution < 1.29 is 0 Å². The van der Waals surface area contributed by atoms with Gasteiger partial charge in [-0.25, -0.2) is 4.79 Å². The number of rotatable bonds is 2. The van der Waals surface area contributed by atoms with Gasteiger partial charge in [-0.05, 0) is 6.42 Å². The Morgan fingerprint density at radius 1 is 1.46 bits per heavy atom. The molecule has 0 radical (unpaired) electrons. The summed E-state index contributed by atoms with van der Waals surface area (Å²) >= 11 is 0. The van der Waals surface area contributed by atoms with Crippen LogP contribution >= 0.6 is 0 Å². The van der Waals surface area contributed by atoms with Crippen LogP contribution in [0.25, 0.3) is 0 Å². The molecule has 0 saturated heterocycles. The van der Waals surface area contributed by atoms with E-state index >= 15 is 0 Å². The molecule has 0 amide bonds. The van der Waals surface area contributed by atoms with Crippen LogP contribution in [-0.4, -0.2) is 9.13 Å². The molecule has 0 aliphatic heterocycles. The highest BCUT2D eigenvalue weighted by Crippen LogP contribution is 1.88. The number of aromatic nitrogens is 2. The first-order valence-electron chi connectivity index (χ1n) is 4.14. The number of nitrogens with two attached hydrogens (primary N) is 1. The molecule has 0 fully saturated rings. The minimum Gasteiger partial charge on any atom is -0.393 e. The lowest BCUT2D eigenvalue weighted by molar-refractivity contribution is 0.584. The predicted octanol–water partition coefficient (Wildman–Crippen LogP) is -0.461. The van der Waals surface area contributed by atoms with Crippen LogP contribution in [0.3, 0.4) is 0 Å². The van der Waals surface area contributed by atoms with Crippen LogP contribution in [-0.2, 0) is 13.6 Å². The van der Waals surface area contributed by atoms with E-state index < -0.39 is 5.56 Å². The summed E-state index contributed by atoms with van der Waals surface area (Å²) < 4.78 is 2.46. The van der Waals surface area contributed by atoms with Gasteiger partial charge in [-0.2, -0.15) is 0 Å². The monoisotopic (exact) mass is 183 g/mol. The van der Waals surface area contributed by atoms with Crippen molar-refractivity contribution in [1.29, 1.82) is 0 Å². The van der Waals surface area contributed by atoms with Crippen molar-refractivity contribution in [2.75, 3.05) is 5.73 Å². The van der Waals surface area contributed by atoms with Gasteiger partial charge in [0, 0.05) is 19.8 Å². The van der Waals surface area contributed by atoms with Crippen molar-refractivity contribution in [2.24, 2.45) is 7.05 Å². The quantitative estimate of drug-likeness (QED) is 0.674. The lowest BCUT2D eigenvalue weighted by Crippen LogP contribution is -2.39. The molecule has 5 heteroatoms. The maximum absolute atomic E-state index is 11.4. The number of hydrogen-bond donors (Lipinski definition) is 1. The molecule has 13 heavy (non-hydrogen) atoms. The number of nitrogens with zero attached hydrogens (tertiary/aromatic N) is 2. The summed E-state index contributed by atoms with van der Waals surface area (Å²) in [5, 5.41) is 0. The predicted molar refractivity (Wildman–Crippen MR) is 50.6 cm³/mol. The van der Waals surface area contributed by atoms with Crippen LogP contribution in [0.15, 0.2) is 15.8 Å². The highest BCUT2D eigenvalue weighted by molar-refractivity contribution is 5.30. The highest BCUT2D eigenvalue weighted by Gasteiger charge is 2.05. The van der Waals surface area contributed by atoms with E-state index in [1.165, 1.54) is 10.8 Å². The molecule has 0 spiro atoms. The topological polar surface area (TPSA) is 70.0 Å². The zero-order valence-corrected chi connectivity index (χ0v) is 7.78. The van der Waals surface area contributed by atoms with Crippen LogP contribution in [0.4, 0.5) is 5.69 Å². The van der Waals surface area contributed by atoms with E-state index in [2.05, 4.69) is 0 Å². The summed E-state index contributed by atoms with van der Waals surface area (Å²) in [5.41, 5.74) is 4.82. The molecular weight excluding hydrogens is 170 g/mol. The second kappa shape index (κ2) is 3.47. The lowest BCUT2D eigenvalue weighted by atomic mass is 10.4. The Morgan fingerprint density at radius 2 is 2.08 bits per heavy atom. The highest BCUT2D eigenvalue weighted by atomic mass is 16.2.